The van der Waals surface area contributed by atoms with Crippen molar-refractivity contribution in [1.29, 1.82) is 0 Å². The van der Waals surface area contributed by atoms with Crippen LogP contribution in [0.3, 0.4) is 0 Å². The van der Waals surface area contributed by atoms with Crippen LogP contribution in [0.2, 0.25) is 0 Å². The average Bonchev–Trinajstić information content (AvgIpc) is 2.43. The number of benzene rings is 1. The van der Waals surface area contributed by atoms with Crippen LogP contribution >= 0.6 is 0 Å². The summed E-state index contributed by atoms with van der Waals surface area (Å²) in [4.78, 5) is 0. The third-order valence-corrected chi connectivity index (χ3v) is 3.33. The van der Waals surface area contributed by atoms with Gasteiger partial charge in [0.05, 0.1) is 11.3 Å². The summed E-state index contributed by atoms with van der Waals surface area (Å²) >= 11 is 0. The molecule has 2 aromatic rings. The highest BCUT2D eigenvalue weighted by atomic mass is 19.4. The third kappa shape index (κ3) is 3.15. The van der Waals surface area contributed by atoms with E-state index in [1.54, 1.807) is 6.07 Å². The number of hydrogen-bond acceptors (Lipinski definition) is 3. The Balaban J connectivity index is 2.50. The minimum Gasteiger partial charge on any atom is -0.369 e. The molecule has 3 nitrogen and oxygen atoms in total. The number of aromatic nitrogens is 2. The van der Waals surface area contributed by atoms with Crippen LogP contribution in [0.5, 0.6) is 0 Å². The zero-order valence-corrected chi connectivity index (χ0v) is 12.0. The minimum atomic E-state index is -4.36. The molecule has 1 aromatic heterocycles. The van der Waals surface area contributed by atoms with Crippen LogP contribution in [0, 0.1) is 13.8 Å². The Morgan fingerprint density at radius 1 is 1.10 bits per heavy atom. The number of halogens is 3. The van der Waals surface area contributed by atoms with Gasteiger partial charge in [-0.2, -0.15) is 13.2 Å². The Morgan fingerprint density at radius 2 is 1.81 bits per heavy atom. The molecule has 0 saturated carbocycles. The molecule has 2 rings (SSSR count). The summed E-state index contributed by atoms with van der Waals surface area (Å²) < 4.78 is 38.3. The monoisotopic (exact) mass is 295 g/mol. The number of alkyl halides is 3. The maximum atomic E-state index is 12.8. The zero-order valence-electron chi connectivity index (χ0n) is 12.0. The largest absolute Gasteiger partial charge is 0.416 e. The van der Waals surface area contributed by atoms with Crippen LogP contribution in [-0.4, -0.2) is 16.7 Å². The molecule has 0 atom stereocenters. The summed E-state index contributed by atoms with van der Waals surface area (Å²) in [7, 11) is 0. The summed E-state index contributed by atoms with van der Waals surface area (Å²) in [5, 5.41) is 11.2. The summed E-state index contributed by atoms with van der Waals surface area (Å²) in [6.07, 6.45) is -4.36. The molecular formula is C15H16F3N3. The Bertz CT molecular complexity index is 651. The van der Waals surface area contributed by atoms with Crippen LogP contribution < -0.4 is 5.32 Å². The second-order valence-electron chi connectivity index (χ2n) is 4.76. The van der Waals surface area contributed by atoms with Gasteiger partial charge in [-0.1, -0.05) is 12.1 Å². The SMILES string of the molecule is CCNc1nnc(-c2cccc(C(F)(F)F)c2)c(C)c1C. The van der Waals surface area contributed by atoms with Crippen LogP contribution in [0.4, 0.5) is 19.0 Å². The van der Waals surface area contributed by atoms with E-state index in [2.05, 4.69) is 15.5 Å². The van der Waals surface area contributed by atoms with Gasteiger partial charge in [0.15, 0.2) is 5.82 Å². The van der Waals surface area contributed by atoms with Gasteiger partial charge in [-0.25, -0.2) is 0 Å². The zero-order chi connectivity index (χ0) is 15.6. The molecule has 6 heteroatoms. The first kappa shape index (κ1) is 15.3. The Morgan fingerprint density at radius 3 is 2.43 bits per heavy atom. The quantitative estimate of drug-likeness (QED) is 0.921. The van der Waals surface area contributed by atoms with Gasteiger partial charge in [0.25, 0.3) is 0 Å². The van der Waals surface area contributed by atoms with E-state index in [0.29, 0.717) is 23.6 Å². The van der Waals surface area contributed by atoms with Gasteiger partial charge in [-0.05, 0) is 44.0 Å². The van der Waals surface area contributed by atoms with Crippen molar-refractivity contribution in [3.63, 3.8) is 0 Å². The van der Waals surface area contributed by atoms with E-state index < -0.39 is 11.7 Å². The van der Waals surface area contributed by atoms with Crippen molar-refractivity contribution in [2.24, 2.45) is 0 Å². The van der Waals surface area contributed by atoms with Crippen molar-refractivity contribution in [2.75, 3.05) is 11.9 Å². The van der Waals surface area contributed by atoms with E-state index in [1.807, 2.05) is 20.8 Å². The first-order chi connectivity index (χ1) is 9.84. The van der Waals surface area contributed by atoms with E-state index in [0.717, 1.165) is 23.3 Å². The maximum absolute atomic E-state index is 12.8. The number of rotatable bonds is 3. The molecule has 0 amide bonds. The lowest BCUT2D eigenvalue weighted by Crippen LogP contribution is -2.07. The lowest BCUT2D eigenvalue weighted by atomic mass is 10.0. The summed E-state index contributed by atoms with van der Waals surface area (Å²) in [6, 6.07) is 5.14. The van der Waals surface area contributed by atoms with E-state index in [-0.39, 0.29) is 0 Å². The molecule has 0 aliphatic rings. The lowest BCUT2D eigenvalue weighted by molar-refractivity contribution is -0.137. The Kier molecular flexibility index (Phi) is 4.16. The molecular weight excluding hydrogens is 279 g/mol. The number of nitrogens with one attached hydrogen (secondary N) is 1. The van der Waals surface area contributed by atoms with E-state index in [9.17, 15) is 13.2 Å². The van der Waals surface area contributed by atoms with Crippen LogP contribution in [0.15, 0.2) is 24.3 Å². The highest BCUT2D eigenvalue weighted by Gasteiger charge is 2.30. The molecule has 0 radical (unpaired) electrons. The predicted molar refractivity (Wildman–Crippen MR) is 76.1 cm³/mol. The number of nitrogens with zero attached hydrogens (tertiary/aromatic N) is 2. The Labute approximate surface area is 121 Å². The molecule has 0 aliphatic heterocycles. The summed E-state index contributed by atoms with van der Waals surface area (Å²) in [5.41, 5.74) is 1.91. The van der Waals surface area contributed by atoms with Gasteiger partial charge in [0, 0.05) is 12.1 Å². The molecule has 1 aromatic carbocycles. The molecule has 21 heavy (non-hydrogen) atoms. The van der Waals surface area contributed by atoms with E-state index >= 15 is 0 Å². The molecule has 0 aliphatic carbocycles. The fourth-order valence-corrected chi connectivity index (χ4v) is 2.06. The Hall–Kier alpha value is -2.11. The van der Waals surface area contributed by atoms with Crippen molar-refractivity contribution in [3.8, 4) is 11.3 Å². The van der Waals surface area contributed by atoms with Gasteiger partial charge >= 0.3 is 6.18 Å². The molecule has 0 fully saturated rings. The minimum absolute atomic E-state index is 0.418. The van der Waals surface area contributed by atoms with Crippen molar-refractivity contribution in [2.45, 2.75) is 26.9 Å². The third-order valence-electron chi connectivity index (χ3n) is 3.33. The highest BCUT2D eigenvalue weighted by molar-refractivity contribution is 5.67. The smallest absolute Gasteiger partial charge is 0.369 e. The fraction of sp³-hybridized carbons (Fsp3) is 0.333. The van der Waals surface area contributed by atoms with Crippen LogP contribution in [-0.2, 0) is 6.18 Å². The number of hydrogen-bond donors (Lipinski definition) is 1. The summed E-state index contributed by atoms with van der Waals surface area (Å²) in [6.45, 7) is 6.36. The standard InChI is InChI=1S/C15H16F3N3/c1-4-19-14-10(3)9(2)13(20-21-14)11-6-5-7-12(8-11)15(16,17)18/h5-8H,4H2,1-3H3,(H,19,21). The average molecular weight is 295 g/mol. The van der Waals surface area contributed by atoms with E-state index in [4.69, 9.17) is 0 Å². The predicted octanol–water partition coefficient (Wildman–Crippen LogP) is 4.21. The van der Waals surface area contributed by atoms with Gasteiger partial charge < -0.3 is 5.32 Å². The number of anilines is 1. The van der Waals surface area contributed by atoms with Crippen molar-refractivity contribution >= 4 is 5.82 Å². The van der Waals surface area contributed by atoms with Crippen LogP contribution in [0.1, 0.15) is 23.6 Å². The second-order valence-corrected chi connectivity index (χ2v) is 4.76. The first-order valence-electron chi connectivity index (χ1n) is 6.60. The molecule has 0 unspecified atom stereocenters. The highest BCUT2D eigenvalue weighted by Crippen LogP contribution is 2.33. The molecule has 0 bridgehead atoms. The topological polar surface area (TPSA) is 37.8 Å². The second kappa shape index (κ2) is 5.71. The van der Waals surface area contributed by atoms with Gasteiger partial charge in [-0.15, -0.1) is 10.2 Å². The van der Waals surface area contributed by atoms with E-state index in [1.165, 1.54) is 6.07 Å². The first-order valence-corrected chi connectivity index (χ1v) is 6.60. The molecule has 112 valence electrons. The molecule has 0 spiro atoms. The van der Waals surface area contributed by atoms with Gasteiger partial charge in [0.2, 0.25) is 0 Å². The normalized spacial score (nSPS) is 11.5. The molecule has 0 saturated heterocycles. The fourth-order valence-electron chi connectivity index (χ4n) is 2.06. The van der Waals surface area contributed by atoms with Crippen molar-refractivity contribution in [1.82, 2.24) is 10.2 Å². The molecule has 1 heterocycles. The summed E-state index contributed by atoms with van der Waals surface area (Å²) in [5.74, 6) is 0.658. The lowest BCUT2D eigenvalue weighted by Gasteiger charge is -2.13. The van der Waals surface area contributed by atoms with Gasteiger partial charge in [-0.3, -0.25) is 0 Å². The van der Waals surface area contributed by atoms with Gasteiger partial charge in [0.1, 0.15) is 0 Å². The maximum Gasteiger partial charge on any atom is 0.416 e. The van der Waals surface area contributed by atoms with Crippen LogP contribution in [0.25, 0.3) is 11.3 Å². The van der Waals surface area contributed by atoms with Crippen molar-refractivity contribution < 1.29 is 13.2 Å². The van der Waals surface area contributed by atoms with Crippen molar-refractivity contribution in [3.05, 3.63) is 41.0 Å². The molecule has 1 N–H and O–H groups in total.